The lowest BCUT2D eigenvalue weighted by Gasteiger charge is -2.30. The zero-order chi connectivity index (χ0) is 24.7. The van der Waals surface area contributed by atoms with E-state index < -0.39 is 0 Å². The maximum atomic E-state index is 6.32. The summed E-state index contributed by atoms with van der Waals surface area (Å²) in [6, 6.07) is 13.4. The van der Waals surface area contributed by atoms with Gasteiger partial charge in [-0.3, -0.25) is 0 Å². The van der Waals surface area contributed by atoms with Gasteiger partial charge < -0.3 is 18.9 Å². The lowest BCUT2D eigenvalue weighted by Crippen LogP contribution is -2.41. The van der Waals surface area contributed by atoms with Crippen LogP contribution in [0.2, 0.25) is 0 Å². The Morgan fingerprint density at radius 3 is 1.21 bits per heavy atom. The lowest BCUT2D eigenvalue weighted by atomic mass is 9.90. The van der Waals surface area contributed by atoms with E-state index in [1.54, 1.807) is 0 Å². The molecule has 2 aromatic rings. The third-order valence-corrected chi connectivity index (χ3v) is 8.74. The Morgan fingerprint density at radius 2 is 0.882 bits per heavy atom. The lowest BCUT2D eigenvalue weighted by molar-refractivity contribution is -0.0900. The normalized spacial score (nSPS) is 25.7. The predicted octanol–water partition coefficient (Wildman–Crippen LogP) is 7.29. The maximum Gasteiger partial charge on any atom is 0.185 e. The molecule has 4 nitrogen and oxygen atoms in total. The van der Waals surface area contributed by atoms with Crippen LogP contribution in [0, 0.1) is 5.92 Å². The molecule has 0 unspecified atom stereocenters. The molecule has 0 saturated carbocycles. The Balaban J connectivity index is 1.48. The highest BCUT2D eigenvalue weighted by molar-refractivity contribution is 5.72. The largest absolute Gasteiger partial charge is 0.339 e. The highest BCUT2D eigenvalue weighted by Crippen LogP contribution is 2.47. The highest BCUT2D eigenvalue weighted by atomic mass is 16.8. The molecule has 0 bridgehead atoms. The van der Waals surface area contributed by atoms with Gasteiger partial charge in [-0.25, -0.2) is 0 Å². The molecule has 0 radical (unpaired) electrons. The van der Waals surface area contributed by atoms with Gasteiger partial charge in [0, 0.05) is 11.1 Å². The second kappa shape index (κ2) is 7.64. The molecule has 2 fully saturated rings. The molecule has 0 aromatic heterocycles. The molecule has 2 aliphatic heterocycles. The van der Waals surface area contributed by atoms with Crippen molar-refractivity contribution in [3.8, 4) is 11.1 Å². The molecule has 0 N–H and O–H groups in total. The summed E-state index contributed by atoms with van der Waals surface area (Å²) in [6.45, 7) is 19.2. The summed E-state index contributed by atoms with van der Waals surface area (Å²) in [5, 5.41) is 0. The van der Waals surface area contributed by atoms with Gasteiger partial charge in [-0.05, 0) is 96.4 Å². The molecule has 2 aromatic carbocycles. The van der Waals surface area contributed by atoms with E-state index in [2.05, 4.69) is 98.7 Å². The summed E-state index contributed by atoms with van der Waals surface area (Å²) in [6.07, 6.45) is 1.39. The quantitative estimate of drug-likeness (QED) is 0.467. The van der Waals surface area contributed by atoms with Crippen LogP contribution in [0.25, 0.3) is 11.1 Å². The van der Waals surface area contributed by atoms with Crippen molar-refractivity contribution in [1.29, 1.82) is 0 Å². The first kappa shape index (κ1) is 24.0. The van der Waals surface area contributed by atoms with E-state index in [1.165, 1.54) is 22.3 Å². The van der Waals surface area contributed by atoms with Crippen molar-refractivity contribution < 1.29 is 18.9 Å². The number of benzene rings is 2. The van der Waals surface area contributed by atoms with Gasteiger partial charge in [0.1, 0.15) is 0 Å². The van der Waals surface area contributed by atoms with Crippen LogP contribution in [0.4, 0.5) is 0 Å². The zero-order valence-corrected chi connectivity index (χ0v) is 22.2. The van der Waals surface area contributed by atoms with Gasteiger partial charge >= 0.3 is 0 Å². The number of rotatable bonds is 2. The number of fused-ring (bicyclic) bond motifs is 3. The molecule has 0 amide bonds. The van der Waals surface area contributed by atoms with Gasteiger partial charge in [0.05, 0.1) is 22.4 Å². The molecule has 3 aliphatic rings. The molecule has 5 rings (SSSR count). The summed E-state index contributed by atoms with van der Waals surface area (Å²) in [5.74, 6) is 0.530. The van der Waals surface area contributed by atoms with Crippen molar-refractivity contribution in [1.82, 2.24) is 0 Å². The predicted molar refractivity (Wildman–Crippen MR) is 135 cm³/mol. The van der Waals surface area contributed by atoms with Crippen molar-refractivity contribution in [2.45, 2.75) is 110 Å². The van der Waals surface area contributed by atoms with Gasteiger partial charge in [0.15, 0.2) is 12.6 Å². The van der Waals surface area contributed by atoms with Crippen LogP contribution in [0.15, 0.2) is 36.4 Å². The molecule has 184 valence electrons. The van der Waals surface area contributed by atoms with E-state index in [0.717, 1.165) is 24.0 Å². The fourth-order valence-electron chi connectivity index (χ4n) is 5.17. The summed E-state index contributed by atoms with van der Waals surface area (Å²) in [7, 11) is 0. The second-order valence-corrected chi connectivity index (χ2v) is 12.5. The monoisotopic (exact) mass is 464 g/mol. The second-order valence-electron chi connectivity index (χ2n) is 12.5. The van der Waals surface area contributed by atoms with Gasteiger partial charge in [-0.2, -0.15) is 0 Å². The molecular weight excluding hydrogens is 424 g/mol. The Labute approximate surface area is 204 Å². The van der Waals surface area contributed by atoms with E-state index in [0.29, 0.717) is 5.92 Å². The van der Waals surface area contributed by atoms with Gasteiger partial charge in [-0.1, -0.05) is 43.3 Å². The third kappa shape index (κ3) is 3.83. The van der Waals surface area contributed by atoms with Crippen molar-refractivity contribution in [2.75, 3.05) is 0 Å². The molecular formula is C30H40O4. The smallest absolute Gasteiger partial charge is 0.185 e. The van der Waals surface area contributed by atoms with Crippen LogP contribution in [0.5, 0.6) is 0 Å². The maximum absolute atomic E-state index is 6.32. The minimum atomic E-state index is -0.339. The number of hydrogen-bond acceptors (Lipinski definition) is 4. The molecule has 2 saturated heterocycles. The minimum absolute atomic E-state index is 0.334. The third-order valence-electron chi connectivity index (χ3n) is 8.74. The van der Waals surface area contributed by atoms with E-state index in [4.69, 9.17) is 18.9 Å². The highest BCUT2D eigenvalue weighted by Gasteiger charge is 2.50. The van der Waals surface area contributed by atoms with E-state index in [-0.39, 0.29) is 35.0 Å². The fourth-order valence-corrected chi connectivity index (χ4v) is 5.17. The Kier molecular flexibility index (Phi) is 5.39. The van der Waals surface area contributed by atoms with E-state index in [9.17, 15) is 0 Å². The molecule has 4 heteroatoms. The van der Waals surface area contributed by atoms with Crippen molar-refractivity contribution in [2.24, 2.45) is 5.92 Å². The first-order valence-electron chi connectivity index (χ1n) is 12.7. The van der Waals surface area contributed by atoms with Crippen LogP contribution in [0.1, 0.15) is 97.1 Å². The zero-order valence-electron chi connectivity index (χ0n) is 22.2. The standard InChI is InChI=1S/C30H40O4/c1-18-14-21-16-19(25-31-27(2,3)28(4,5)32-25)10-12-23(21)24-13-11-20(17-22(24)15-18)26-33-29(6,7)30(8,9)34-26/h10-13,16-18,25-26H,14-15H2,1-9H3. The van der Waals surface area contributed by atoms with Crippen molar-refractivity contribution >= 4 is 0 Å². The van der Waals surface area contributed by atoms with E-state index >= 15 is 0 Å². The topological polar surface area (TPSA) is 36.9 Å². The summed E-state index contributed by atoms with van der Waals surface area (Å²) in [5.41, 5.74) is 6.18. The van der Waals surface area contributed by atoms with Crippen LogP contribution < -0.4 is 0 Å². The molecule has 0 atom stereocenters. The first-order valence-corrected chi connectivity index (χ1v) is 12.7. The van der Waals surface area contributed by atoms with Gasteiger partial charge in [0.2, 0.25) is 0 Å². The average Bonchev–Trinajstić information content (AvgIpc) is 3.00. The number of hydrogen-bond donors (Lipinski definition) is 0. The minimum Gasteiger partial charge on any atom is -0.339 e. The fraction of sp³-hybridized carbons (Fsp3) is 0.600. The van der Waals surface area contributed by atoms with Crippen LogP contribution in [-0.4, -0.2) is 22.4 Å². The van der Waals surface area contributed by atoms with Gasteiger partial charge in [0.25, 0.3) is 0 Å². The molecule has 1 aliphatic carbocycles. The summed E-state index contributed by atoms with van der Waals surface area (Å²) < 4.78 is 25.3. The SMILES string of the molecule is CC1Cc2cc(C3OC(C)(C)C(C)(C)O3)ccc2-c2ccc(C3OC(C)(C)C(C)(C)O3)cc2C1. The van der Waals surface area contributed by atoms with Crippen LogP contribution in [0.3, 0.4) is 0 Å². The average molecular weight is 465 g/mol. The Morgan fingerprint density at radius 1 is 0.559 bits per heavy atom. The summed E-state index contributed by atoms with van der Waals surface area (Å²) >= 11 is 0. The Hall–Kier alpha value is -1.72. The van der Waals surface area contributed by atoms with E-state index in [1.807, 2.05) is 0 Å². The van der Waals surface area contributed by atoms with Crippen LogP contribution in [-0.2, 0) is 31.8 Å². The Bertz CT molecular complexity index is 991. The first-order chi connectivity index (χ1) is 15.7. The van der Waals surface area contributed by atoms with Gasteiger partial charge in [-0.15, -0.1) is 0 Å². The molecule has 0 spiro atoms. The summed E-state index contributed by atoms with van der Waals surface area (Å²) in [4.78, 5) is 0. The van der Waals surface area contributed by atoms with Crippen LogP contribution >= 0.6 is 0 Å². The van der Waals surface area contributed by atoms with Crippen molar-refractivity contribution in [3.05, 3.63) is 58.7 Å². The number of ether oxygens (including phenoxy) is 4. The van der Waals surface area contributed by atoms with Crippen molar-refractivity contribution in [3.63, 3.8) is 0 Å². The molecule has 34 heavy (non-hydrogen) atoms. The molecule has 2 heterocycles.